The van der Waals surface area contributed by atoms with Crippen LogP contribution in [0, 0.1) is 0 Å². The zero-order valence-electron chi connectivity index (χ0n) is 11.0. The van der Waals surface area contributed by atoms with Crippen molar-refractivity contribution >= 4 is 0 Å². The van der Waals surface area contributed by atoms with Crippen molar-refractivity contribution < 1.29 is 4.74 Å². The Labute approximate surface area is 113 Å². The maximum atomic E-state index is 5.77. The Kier molecular flexibility index (Phi) is 3.79. The van der Waals surface area contributed by atoms with Crippen LogP contribution in [0.25, 0.3) is 11.3 Å². The van der Waals surface area contributed by atoms with E-state index in [-0.39, 0.29) is 0 Å². The molecule has 100 valence electrons. The Morgan fingerprint density at radius 1 is 1.11 bits per heavy atom. The van der Waals surface area contributed by atoms with Gasteiger partial charge in [-0.15, -0.1) is 0 Å². The normalized spacial score (nSPS) is 15.8. The van der Waals surface area contributed by atoms with Crippen LogP contribution in [0.4, 0.5) is 0 Å². The first-order valence-electron chi connectivity index (χ1n) is 6.87. The maximum Gasteiger partial charge on any atom is 0.119 e. The van der Waals surface area contributed by atoms with E-state index in [1.807, 2.05) is 18.2 Å². The molecule has 3 rings (SSSR count). The molecule has 0 radical (unpaired) electrons. The fourth-order valence-corrected chi connectivity index (χ4v) is 2.45. The lowest BCUT2D eigenvalue weighted by atomic mass is 10.1. The predicted molar refractivity (Wildman–Crippen MR) is 75.2 cm³/mol. The van der Waals surface area contributed by atoms with Crippen molar-refractivity contribution in [3.8, 4) is 17.0 Å². The molecule has 1 aliphatic rings. The molecule has 1 N–H and O–H groups in total. The van der Waals surface area contributed by atoms with E-state index in [1.165, 1.54) is 25.9 Å². The third kappa shape index (κ3) is 3.15. The summed E-state index contributed by atoms with van der Waals surface area (Å²) in [4.78, 5) is 2.46. The molecule has 0 amide bonds. The molecule has 0 bridgehead atoms. The summed E-state index contributed by atoms with van der Waals surface area (Å²) < 4.78 is 5.77. The first-order chi connectivity index (χ1) is 9.42. The third-order valence-corrected chi connectivity index (χ3v) is 3.54. The number of ether oxygens (including phenoxy) is 1. The van der Waals surface area contributed by atoms with Gasteiger partial charge in [-0.3, -0.25) is 10.00 Å². The van der Waals surface area contributed by atoms with Crippen molar-refractivity contribution in [3.63, 3.8) is 0 Å². The average molecular weight is 257 g/mol. The number of aromatic amines is 1. The van der Waals surface area contributed by atoms with Crippen molar-refractivity contribution in [1.82, 2.24) is 15.1 Å². The number of aromatic nitrogens is 2. The molecule has 2 heterocycles. The standard InChI is InChI=1S/C15H19N3O/c1-2-10-18(9-1)11-12-19-14-5-3-13(4-6-14)15-7-8-16-17-15/h3-8H,1-2,9-12H2,(H,16,17). The highest BCUT2D eigenvalue weighted by Crippen LogP contribution is 2.20. The number of nitrogens with zero attached hydrogens (tertiary/aromatic N) is 2. The summed E-state index contributed by atoms with van der Waals surface area (Å²) in [5.74, 6) is 0.933. The molecule has 0 spiro atoms. The van der Waals surface area contributed by atoms with Gasteiger partial charge in [0.15, 0.2) is 0 Å². The largest absolute Gasteiger partial charge is 0.492 e. The second-order valence-corrected chi connectivity index (χ2v) is 4.89. The number of benzene rings is 1. The molecule has 0 saturated carbocycles. The fourth-order valence-electron chi connectivity index (χ4n) is 2.45. The molecule has 1 aliphatic heterocycles. The quantitative estimate of drug-likeness (QED) is 0.895. The van der Waals surface area contributed by atoms with Gasteiger partial charge in [-0.05, 0) is 61.8 Å². The van der Waals surface area contributed by atoms with Crippen LogP contribution in [0.15, 0.2) is 36.5 Å². The van der Waals surface area contributed by atoms with Crippen LogP contribution in [0.1, 0.15) is 12.8 Å². The van der Waals surface area contributed by atoms with Crippen molar-refractivity contribution in [2.24, 2.45) is 0 Å². The number of rotatable bonds is 5. The van der Waals surface area contributed by atoms with E-state index in [0.29, 0.717) is 0 Å². The summed E-state index contributed by atoms with van der Waals surface area (Å²) in [6.07, 6.45) is 4.42. The summed E-state index contributed by atoms with van der Waals surface area (Å²) in [5, 5.41) is 6.91. The van der Waals surface area contributed by atoms with Gasteiger partial charge >= 0.3 is 0 Å². The highest BCUT2D eigenvalue weighted by Gasteiger charge is 2.10. The van der Waals surface area contributed by atoms with E-state index in [2.05, 4.69) is 27.2 Å². The van der Waals surface area contributed by atoms with E-state index in [9.17, 15) is 0 Å². The minimum atomic E-state index is 0.767. The molecule has 4 nitrogen and oxygen atoms in total. The zero-order chi connectivity index (χ0) is 12.9. The van der Waals surface area contributed by atoms with Gasteiger partial charge in [-0.1, -0.05) is 0 Å². The lowest BCUT2D eigenvalue weighted by Crippen LogP contribution is -2.25. The molecule has 1 aromatic carbocycles. The number of nitrogens with one attached hydrogen (secondary N) is 1. The highest BCUT2D eigenvalue weighted by molar-refractivity contribution is 5.59. The van der Waals surface area contributed by atoms with Gasteiger partial charge in [0.05, 0.1) is 5.69 Å². The molecular formula is C15H19N3O. The van der Waals surface area contributed by atoms with Crippen LogP contribution in [-0.4, -0.2) is 41.3 Å². The first kappa shape index (κ1) is 12.2. The van der Waals surface area contributed by atoms with Gasteiger partial charge in [-0.2, -0.15) is 5.10 Å². The van der Waals surface area contributed by atoms with Crippen molar-refractivity contribution in [2.75, 3.05) is 26.2 Å². The second kappa shape index (κ2) is 5.89. The smallest absolute Gasteiger partial charge is 0.119 e. The number of H-pyrrole nitrogens is 1. The summed E-state index contributed by atoms with van der Waals surface area (Å²) in [5.41, 5.74) is 2.16. The molecule has 4 heteroatoms. The monoisotopic (exact) mass is 257 g/mol. The number of hydrogen-bond donors (Lipinski definition) is 1. The van der Waals surface area contributed by atoms with Gasteiger partial charge in [0.25, 0.3) is 0 Å². The summed E-state index contributed by atoms with van der Waals surface area (Å²) in [6, 6.07) is 10.1. The van der Waals surface area contributed by atoms with Gasteiger partial charge in [-0.25, -0.2) is 0 Å². The molecule has 1 aromatic heterocycles. The minimum absolute atomic E-state index is 0.767. The zero-order valence-corrected chi connectivity index (χ0v) is 11.0. The summed E-state index contributed by atoms with van der Waals surface area (Å²) >= 11 is 0. The van der Waals surface area contributed by atoms with Crippen molar-refractivity contribution in [3.05, 3.63) is 36.5 Å². The predicted octanol–water partition coefficient (Wildman–Crippen LogP) is 2.55. The molecule has 1 saturated heterocycles. The van der Waals surface area contributed by atoms with Crippen molar-refractivity contribution in [1.29, 1.82) is 0 Å². The molecule has 0 unspecified atom stereocenters. The van der Waals surface area contributed by atoms with Crippen molar-refractivity contribution in [2.45, 2.75) is 12.8 Å². The van der Waals surface area contributed by atoms with Crippen LogP contribution >= 0.6 is 0 Å². The first-order valence-corrected chi connectivity index (χ1v) is 6.87. The van der Waals surface area contributed by atoms with Gasteiger partial charge in [0, 0.05) is 12.7 Å². The Hall–Kier alpha value is -1.81. The van der Waals surface area contributed by atoms with Gasteiger partial charge in [0.1, 0.15) is 12.4 Å². The molecule has 2 aromatic rings. The van der Waals surface area contributed by atoms with E-state index < -0.39 is 0 Å². The van der Waals surface area contributed by atoms with Crippen LogP contribution in [-0.2, 0) is 0 Å². The Balaban J connectivity index is 1.51. The molecular weight excluding hydrogens is 238 g/mol. The Bertz CT molecular complexity index is 487. The Morgan fingerprint density at radius 2 is 1.89 bits per heavy atom. The fraction of sp³-hybridized carbons (Fsp3) is 0.400. The summed E-state index contributed by atoms with van der Waals surface area (Å²) in [6.45, 7) is 4.25. The summed E-state index contributed by atoms with van der Waals surface area (Å²) in [7, 11) is 0. The van der Waals surface area contributed by atoms with E-state index in [4.69, 9.17) is 4.74 Å². The highest BCUT2D eigenvalue weighted by atomic mass is 16.5. The molecule has 1 fully saturated rings. The second-order valence-electron chi connectivity index (χ2n) is 4.89. The lowest BCUT2D eigenvalue weighted by molar-refractivity contribution is 0.238. The van der Waals surface area contributed by atoms with E-state index in [0.717, 1.165) is 30.2 Å². The molecule has 0 aliphatic carbocycles. The number of hydrogen-bond acceptors (Lipinski definition) is 3. The van der Waals surface area contributed by atoms with E-state index >= 15 is 0 Å². The van der Waals surface area contributed by atoms with Crippen LogP contribution in [0.5, 0.6) is 5.75 Å². The lowest BCUT2D eigenvalue weighted by Gasteiger charge is -2.14. The topological polar surface area (TPSA) is 41.1 Å². The minimum Gasteiger partial charge on any atom is -0.492 e. The van der Waals surface area contributed by atoms with Gasteiger partial charge in [0.2, 0.25) is 0 Å². The molecule has 19 heavy (non-hydrogen) atoms. The van der Waals surface area contributed by atoms with Crippen LogP contribution in [0.3, 0.4) is 0 Å². The Morgan fingerprint density at radius 3 is 2.58 bits per heavy atom. The SMILES string of the molecule is c1cc(-c2ccc(OCCN3CCCC3)cc2)[nH]n1. The van der Waals surface area contributed by atoms with Crippen LogP contribution in [0.2, 0.25) is 0 Å². The van der Waals surface area contributed by atoms with E-state index in [1.54, 1.807) is 6.20 Å². The number of likely N-dealkylation sites (tertiary alicyclic amines) is 1. The average Bonchev–Trinajstić information content (AvgIpc) is 3.13. The molecule has 0 atom stereocenters. The third-order valence-electron chi connectivity index (χ3n) is 3.54. The maximum absolute atomic E-state index is 5.77. The van der Waals surface area contributed by atoms with Crippen LogP contribution < -0.4 is 4.74 Å². The van der Waals surface area contributed by atoms with Gasteiger partial charge < -0.3 is 4.74 Å².